The molecule has 0 radical (unpaired) electrons. The van der Waals surface area contributed by atoms with E-state index >= 15 is 0 Å². The van der Waals surface area contributed by atoms with Crippen molar-refractivity contribution >= 4 is 0 Å². The van der Waals surface area contributed by atoms with Crippen molar-refractivity contribution in [1.29, 1.82) is 0 Å². The largest absolute Gasteiger partial charge is 0.293 e. The first-order chi connectivity index (χ1) is 11.0. The van der Waals surface area contributed by atoms with Crippen LogP contribution < -0.4 is 5.48 Å². The lowest BCUT2D eigenvalue weighted by Gasteiger charge is -2.40. The van der Waals surface area contributed by atoms with Gasteiger partial charge in [0.25, 0.3) is 0 Å². The highest BCUT2D eigenvalue weighted by molar-refractivity contribution is 5.17. The fraction of sp³-hybridized carbons (Fsp3) is 0.714. The molecule has 0 aliphatic heterocycles. The van der Waals surface area contributed by atoms with Crippen molar-refractivity contribution in [3.63, 3.8) is 0 Å². The minimum absolute atomic E-state index is 0.148. The van der Waals surface area contributed by atoms with Gasteiger partial charge in [0, 0.05) is 6.04 Å². The molecular formula is C21H35NO. The molecular weight excluding hydrogens is 282 g/mol. The van der Waals surface area contributed by atoms with Gasteiger partial charge in [-0.05, 0) is 36.2 Å². The third-order valence-electron chi connectivity index (χ3n) is 5.11. The molecule has 1 aliphatic carbocycles. The van der Waals surface area contributed by atoms with Crippen molar-refractivity contribution in [3.8, 4) is 0 Å². The Bertz CT molecular complexity index is 431. The molecule has 23 heavy (non-hydrogen) atoms. The lowest BCUT2D eigenvalue weighted by Crippen LogP contribution is -2.47. The molecule has 0 aromatic heterocycles. The summed E-state index contributed by atoms with van der Waals surface area (Å²) in [7, 11) is 0. The molecule has 1 aromatic carbocycles. The van der Waals surface area contributed by atoms with Crippen LogP contribution in [0.25, 0.3) is 0 Å². The van der Waals surface area contributed by atoms with Crippen LogP contribution in [0.4, 0.5) is 0 Å². The fourth-order valence-electron chi connectivity index (χ4n) is 3.83. The van der Waals surface area contributed by atoms with Crippen molar-refractivity contribution in [2.45, 2.75) is 84.8 Å². The quantitative estimate of drug-likeness (QED) is 0.619. The highest BCUT2D eigenvalue weighted by atomic mass is 16.7. The van der Waals surface area contributed by atoms with E-state index in [0.717, 1.165) is 18.8 Å². The molecule has 0 unspecified atom stereocenters. The van der Waals surface area contributed by atoms with E-state index in [4.69, 9.17) is 4.84 Å². The maximum absolute atomic E-state index is 6.26. The summed E-state index contributed by atoms with van der Waals surface area (Å²) < 4.78 is 0. The molecule has 2 heteroatoms. The van der Waals surface area contributed by atoms with Crippen molar-refractivity contribution in [3.05, 3.63) is 35.9 Å². The summed E-state index contributed by atoms with van der Waals surface area (Å²) in [5.41, 5.74) is 5.01. The van der Waals surface area contributed by atoms with Crippen molar-refractivity contribution in [2.24, 2.45) is 11.3 Å². The molecule has 2 rings (SSSR count). The van der Waals surface area contributed by atoms with Crippen LogP contribution in [0.3, 0.4) is 0 Å². The molecule has 2 atom stereocenters. The molecule has 1 fully saturated rings. The third-order valence-corrected chi connectivity index (χ3v) is 5.11. The molecule has 1 aliphatic rings. The monoisotopic (exact) mass is 317 g/mol. The van der Waals surface area contributed by atoms with Crippen molar-refractivity contribution < 1.29 is 4.84 Å². The van der Waals surface area contributed by atoms with Crippen LogP contribution >= 0.6 is 0 Å². The molecule has 0 spiro atoms. The van der Waals surface area contributed by atoms with Crippen LogP contribution in [0.2, 0.25) is 0 Å². The van der Waals surface area contributed by atoms with Crippen LogP contribution in [-0.4, -0.2) is 6.04 Å². The number of hydrogen-bond donors (Lipinski definition) is 1. The van der Waals surface area contributed by atoms with Gasteiger partial charge in [-0.3, -0.25) is 4.84 Å². The van der Waals surface area contributed by atoms with Crippen molar-refractivity contribution in [1.82, 2.24) is 5.48 Å². The van der Waals surface area contributed by atoms with Crippen LogP contribution in [0.15, 0.2) is 30.3 Å². The first-order valence-electron chi connectivity index (χ1n) is 9.48. The van der Waals surface area contributed by atoms with Gasteiger partial charge in [0.1, 0.15) is 6.10 Å². The summed E-state index contributed by atoms with van der Waals surface area (Å²) in [5.74, 6) is 0.738. The van der Waals surface area contributed by atoms with Gasteiger partial charge < -0.3 is 0 Å². The number of rotatable bonds is 7. The predicted octanol–water partition coefficient (Wildman–Crippen LogP) is 6.04. The van der Waals surface area contributed by atoms with Gasteiger partial charge in [-0.25, -0.2) is 0 Å². The summed E-state index contributed by atoms with van der Waals surface area (Å²) in [4.78, 5) is 6.26. The fourth-order valence-corrected chi connectivity index (χ4v) is 3.83. The van der Waals surface area contributed by atoms with Gasteiger partial charge in [0.15, 0.2) is 0 Å². The zero-order chi connectivity index (χ0) is 16.7. The molecule has 0 heterocycles. The summed E-state index contributed by atoms with van der Waals surface area (Å²) in [6.07, 6.45) is 9.14. The van der Waals surface area contributed by atoms with Crippen LogP contribution in [-0.2, 0) is 4.84 Å². The van der Waals surface area contributed by atoms with E-state index in [1.54, 1.807) is 0 Å². The first kappa shape index (κ1) is 18.5. The Hall–Kier alpha value is -0.860. The number of nitrogens with one attached hydrogen (secondary N) is 1. The van der Waals surface area contributed by atoms with Gasteiger partial charge in [-0.1, -0.05) is 83.7 Å². The van der Waals surface area contributed by atoms with E-state index in [-0.39, 0.29) is 11.5 Å². The lowest BCUT2D eigenvalue weighted by molar-refractivity contribution is -0.0851. The van der Waals surface area contributed by atoms with Gasteiger partial charge in [-0.2, -0.15) is 5.48 Å². The Balaban J connectivity index is 2.03. The highest BCUT2D eigenvalue weighted by Gasteiger charge is 2.33. The lowest BCUT2D eigenvalue weighted by atomic mass is 9.73. The minimum atomic E-state index is 0.148. The van der Waals surface area contributed by atoms with E-state index in [2.05, 4.69) is 63.5 Å². The zero-order valence-corrected chi connectivity index (χ0v) is 15.5. The van der Waals surface area contributed by atoms with Gasteiger partial charge >= 0.3 is 0 Å². The van der Waals surface area contributed by atoms with Crippen LogP contribution in [0.5, 0.6) is 0 Å². The Morgan fingerprint density at radius 3 is 2.30 bits per heavy atom. The topological polar surface area (TPSA) is 21.3 Å². The predicted molar refractivity (Wildman–Crippen MR) is 98.1 cm³/mol. The van der Waals surface area contributed by atoms with E-state index in [0.29, 0.717) is 6.04 Å². The van der Waals surface area contributed by atoms with Crippen molar-refractivity contribution in [2.75, 3.05) is 0 Å². The van der Waals surface area contributed by atoms with Gasteiger partial charge in [0.05, 0.1) is 0 Å². The third kappa shape index (κ3) is 5.61. The second-order valence-electron chi connectivity index (χ2n) is 8.17. The molecule has 0 bridgehead atoms. The van der Waals surface area contributed by atoms with E-state index in [1.165, 1.54) is 37.7 Å². The maximum atomic E-state index is 6.26. The second-order valence-corrected chi connectivity index (χ2v) is 8.17. The average Bonchev–Trinajstić information content (AvgIpc) is 2.55. The summed E-state index contributed by atoms with van der Waals surface area (Å²) in [6.45, 7) is 9.22. The minimum Gasteiger partial charge on any atom is -0.293 e. The van der Waals surface area contributed by atoms with E-state index in [9.17, 15) is 0 Å². The second kappa shape index (κ2) is 8.84. The molecule has 1 saturated carbocycles. The molecule has 2 nitrogen and oxygen atoms in total. The van der Waals surface area contributed by atoms with E-state index < -0.39 is 0 Å². The summed E-state index contributed by atoms with van der Waals surface area (Å²) >= 11 is 0. The summed E-state index contributed by atoms with van der Waals surface area (Å²) in [6, 6.07) is 11.0. The smallest absolute Gasteiger partial charge is 0.104 e. The maximum Gasteiger partial charge on any atom is 0.104 e. The normalized spacial score (nSPS) is 19.5. The van der Waals surface area contributed by atoms with E-state index in [1.807, 2.05) is 0 Å². The number of hydrogen-bond acceptors (Lipinski definition) is 2. The number of hydroxylamine groups is 1. The molecule has 0 saturated heterocycles. The Morgan fingerprint density at radius 1 is 1.09 bits per heavy atom. The standard InChI is InChI=1S/C21H35NO/c1-5-12-19(17-13-8-6-9-14-17)23-22-20(21(2,3)4)18-15-10-7-11-16-18/h6,8-9,13-14,18-20,22H,5,7,10-12,15-16H2,1-4H3/t19-,20+/m0/s1. The SMILES string of the molecule is CCC[C@H](ON[C@H](C1CCCCC1)C(C)(C)C)c1ccccc1. The van der Waals surface area contributed by atoms with Crippen LogP contribution in [0, 0.1) is 11.3 Å². The molecule has 1 N–H and O–H groups in total. The number of benzene rings is 1. The highest BCUT2D eigenvalue weighted by Crippen LogP contribution is 2.35. The Kier molecular flexibility index (Phi) is 7.10. The summed E-state index contributed by atoms with van der Waals surface area (Å²) in [5, 5.41) is 0. The first-order valence-corrected chi connectivity index (χ1v) is 9.48. The average molecular weight is 318 g/mol. The molecule has 1 aromatic rings. The Labute approximate surface area is 143 Å². The van der Waals surface area contributed by atoms with Gasteiger partial charge in [-0.15, -0.1) is 0 Å². The van der Waals surface area contributed by atoms with Gasteiger partial charge in [0.2, 0.25) is 0 Å². The van der Waals surface area contributed by atoms with Crippen LogP contribution in [0.1, 0.15) is 84.3 Å². The molecule has 130 valence electrons. The Morgan fingerprint density at radius 2 is 1.74 bits per heavy atom. The molecule has 0 amide bonds. The zero-order valence-electron chi connectivity index (χ0n) is 15.5.